The van der Waals surface area contributed by atoms with E-state index in [0.717, 1.165) is 0 Å². The third-order valence-corrected chi connectivity index (χ3v) is 5.69. The Morgan fingerprint density at radius 2 is 2.06 bits per heavy atom. The Balaban J connectivity index is 1.58. The summed E-state index contributed by atoms with van der Waals surface area (Å²) in [6, 6.07) is 5.02. The molecule has 4 aromatic heterocycles. The molecule has 4 rings (SSSR count). The van der Waals surface area contributed by atoms with E-state index in [9.17, 15) is 9.59 Å². The number of hydrogen-bond acceptors (Lipinski definition) is 7. The fourth-order valence-corrected chi connectivity index (χ4v) is 3.53. The Kier molecular flexibility index (Phi) is 6.35. The molecule has 0 aromatic carbocycles. The number of ether oxygens (including phenoxy) is 1. The molecule has 1 N–H and O–H groups in total. The highest BCUT2D eigenvalue weighted by Gasteiger charge is 2.21. The molecule has 4 aromatic rings. The lowest BCUT2D eigenvalue weighted by Gasteiger charge is -2.11. The lowest BCUT2D eigenvalue weighted by molar-refractivity contribution is -0.119. The van der Waals surface area contributed by atoms with E-state index in [1.165, 1.54) is 12.5 Å². The number of amides is 1. The van der Waals surface area contributed by atoms with Gasteiger partial charge in [-0.3, -0.25) is 4.79 Å². The van der Waals surface area contributed by atoms with Gasteiger partial charge in [-0.05, 0) is 44.5 Å². The van der Waals surface area contributed by atoms with E-state index in [2.05, 4.69) is 20.4 Å². The van der Waals surface area contributed by atoms with E-state index in [0.29, 0.717) is 33.1 Å². The highest BCUT2D eigenvalue weighted by molar-refractivity contribution is 6.37. The highest BCUT2D eigenvalue weighted by Crippen LogP contribution is 2.29. The molecule has 0 aliphatic rings. The average molecular weight is 488 g/mol. The number of nitrogens with one attached hydrogen (secondary N) is 1. The number of carbonyl (C=O) groups is 2. The molecule has 1 amide bonds. The number of nitrogens with zero attached hydrogens (tertiary/aromatic N) is 4. The van der Waals surface area contributed by atoms with Crippen LogP contribution in [0.2, 0.25) is 10.0 Å². The Bertz CT molecular complexity index is 1350. The zero-order valence-corrected chi connectivity index (χ0v) is 19.4. The standard InChI is InChI=1S/C22H19Cl2N5O4/c1-11(2)29-21-14(8-26-29)13(7-16(27-21)17-5-4-6-32-17)22(31)33-10-18(30)28-20-19(24)12(3)15(23)9-25-20/h4-9,11H,10H2,1-3H3,(H,25,28,30). The minimum Gasteiger partial charge on any atom is -0.463 e. The largest absolute Gasteiger partial charge is 0.463 e. The summed E-state index contributed by atoms with van der Waals surface area (Å²) in [6.07, 6.45) is 4.44. The van der Waals surface area contributed by atoms with Crippen LogP contribution < -0.4 is 5.32 Å². The number of halogens is 2. The van der Waals surface area contributed by atoms with Gasteiger partial charge >= 0.3 is 5.97 Å². The van der Waals surface area contributed by atoms with Crippen LogP contribution in [0, 0.1) is 6.92 Å². The third kappa shape index (κ3) is 4.55. The van der Waals surface area contributed by atoms with Crippen molar-refractivity contribution in [1.29, 1.82) is 0 Å². The zero-order valence-electron chi connectivity index (χ0n) is 17.9. The Morgan fingerprint density at radius 1 is 1.27 bits per heavy atom. The van der Waals surface area contributed by atoms with Crippen LogP contribution in [-0.2, 0) is 9.53 Å². The maximum absolute atomic E-state index is 12.9. The summed E-state index contributed by atoms with van der Waals surface area (Å²) in [6.45, 7) is 5.06. The van der Waals surface area contributed by atoms with Crippen molar-refractivity contribution < 1.29 is 18.7 Å². The number of esters is 1. The minimum absolute atomic E-state index is 0.0107. The second-order valence-electron chi connectivity index (χ2n) is 7.47. The SMILES string of the molecule is Cc1c(Cl)cnc(NC(=O)COC(=O)c2cc(-c3ccco3)nc3c2cnn3C(C)C)c1Cl. The summed E-state index contributed by atoms with van der Waals surface area (Å²) in [4.78, 5) is 33.9. The molecule has 170 valence electrons. The number of aromatic nitrogens is 4. The van der Waals surface area contributed by atoms with Crippen molar-refractivity contribution in [2.75, 3.05) is 11.9 Å². The smallest absolute Gasteiger partial charge is 0.339 e. The van der Waals surface area contributed by atoms with Crippen LogP contribution in [0.15, 0.2) is 41.3 Å². The number of rotatable bonds is 6. The van der Waals surface area contributed by atoms with E-state index in [4.69, 9.17) is 32.4 Å². The van der Waals surface area contributed by atoms with Gasteiger partial charge in [-0.2, -0.15) is 5.10 Å². The van der Waals surface area contributed by atoms with E-state index < -0.39 is 18.5 Å². The van der Waals surface area contributed by atoms with Crippen LogP contribution in [0.5, 0.6) is 0 Å². The van der Waals surface area contributed by atoms with Gasteiger partial charge in [-0.15, -0.1) is 0 Å². The van der Waals surface area contributed by atoms with Crippen LogP contribution in [-0.4, -0.2) is 38.2 Å². The zero-order chi connectivity index (χ0) is 23.7. The number of anilines is 1. The molecule has 9 nitrogen and oxygen atoms in total. The van der Waals surface area contributed by atoms with Gasteiger partial charge in [0.1, 0.15) is 5.69 Å². The predicted molar refractivity (Wildman–Crippen MR) is 124 cm³/mol. The fraction of sp³-hybridized carbons (Fsp3) is 0.227. The second kappa shape index (κ2) is 9.21. The van der Waals surface area contributed by atoms with E-state index in [1.807, 2.05) is 13.8 Å². The summed E-state index contributed by atoms with van der Waals surface area (Å²) in [5, 5.41) is 7.94. The fourth-order valence-electron chi connectivity index (χ4n) is 3.14. The maximum Gasteiger partial charge on any atom is 0.339 e. The van der Waals surface area contributed by atoms with Crippen molar-refractivity contribution in [1.82, 2.24) is 19.7 Å². The first-order valence-electron chi connectivity index (χ1n) is 9.96. The van der Waals surface area contributed by atoms with Crippen LogP contribution in [0.3, 0.4) is 0 Å². The Labute approximate surface area is 198 Å². The number of furan rings is 1. The molecule has 0 unspecified atom stereocenters. The van der Waals surface area contributed by atoms with E-state index >= 15 is 0 Å². The Morgan fingerprint density at radius 3 is 2.76 bits per heavy atom. The van der Waals surface area contributed by atoms with Gasteiger partial charge < -0.3 is 14.5 Å². The lowest BCUT2D eigenvalue weighted by Crippen LogP contribution is -2.22. The molecule has 0 radical (unpaired) electrons. The first-order chi connectivity index (χ1) is 15.8. The summed E-state index contributed by atoms with van der Waals surface area (Å²) < 4.78 is 12.4. The van der Waals surface area contributed by atoms with Crippen molar-refractivity contribution in [3.63, 3.8) is 0 Å². The molecule has 0 fully saturated rings. The van der Waals surface area contributed by atoms with Crippen molar-refractivity contribution in [3.05, 3.63) is 58.0 Å². The number of carbonyl (C=O) groups excluding carboxylic acids is 2. The molecular weight excluding hydrogens is 469 g/mol. The number of fused-ring (bicyclic) bond motifs is 1. The van der Waals surface area contributed by atoms with Crippen molar-refractivity contribution in [3.8, 4) is 11.5 Å². The van der Waals surface area contributed by atoms with Crippen LogP contribution >= 0.6 is 23.2 Å². The van der Waals surface area contributed by atoms with Crippen LogP contribution in [0.4, 0.5) is 5.82 Å². The van der Waals surface area contributed by atoms with Gasteiger partial charge in [-0.25, -0.2) is 19.4 Å². The average Bonchev–Trinajstić information content (AvgIpc) is 3.47. The van der Waals surface area contributed by atoms with Gasteiger partial charge in [0.05, 0.1) is 33.5 Å². The van der Waals surface area contributed by atoms with Gasteiger partial charge in [0.2, 0.25) is 0 Å². The third-order valence-electron chi connectivity index (χ3n) is 4.84. The quantitative estimate of drug-likeness (QED) is 0.377. The normalized spacial score (nSPS) is 11.2. The van der Waals surface area contributed by atoms with Crippen molar-refractivity contribution in [2.24, 2.45) is 0 Å². The maximum atomic E-state index is 12.9. The molecule has 0 saturated heterocycles. The van der Waals surface area contributed by atoms with Crippen LogP contribution in [0.25, 0.3) is 22.5 Å². The second-order valence-corrected chi connectivity index (χ2v) is 8.26. The van der Waals surface area contributed by atoms with Gasteiger partial charge in [0.15, 0.2) is 23.8 Å². The molecule has 0 aliphatic carbocycles. The topological polar surface area (TPSA) is 112 Å². The van der Waals surface area contributed by atoms with E-state index in [1.54, 1.807) is 36.0 Å². The highest BCUT2D eigenvalue weighted by atomic mass is 35.5. The van der Waals surface area contributed by atoms with Gasteiger partial charge in [0, 0.05) is 12.2 Å². The molecule has 11 heteroatoms. The molecule has 4 heterocycles. The summed E-state index contributed by atoms with van der Waals surface area (Å²) in [5.74, 6) is -0.697. The molecule has 0 saturated carbocycles. The van der Waals surface area contributed by atoms with Crippen molar-refractivity contribution in [2.45, 2.75) is 26.8 Å². The molecule has 33 heavy (non-hydrogen) atoms. The lowest BCUT2D eigenvalue weighted by atomic mass is 10.1. The Hall–Kier alpha value is -3.43. The molecule has 0 spiro atoms. The first-order valence-corrected chi connectivity index (χ1v) is 10.7. The molecular formula is C22H19Cl2N5O4. The molecule has 0 atom stereocenters. The molecule has 0 bridgehead atoms. The number of pyridine rings is 2. The van der Waals surface area contributed by atoms with Gasteiger partial charge in [-0.1, -0.05) is 23.2 Å². The van der Waals surface area contributed by atoms with Crippen molar-refractivity contribution >= 4 is 51.9 Å². The van der Waals surface area contributed by atoms with Crippen LogP contribution in [0.1, 0.15) is 35.8 Å². The van der Waals surface area contributed by atoms with Gasteiger partial charge in [0.25, 0.3) is 5.91 Å². The predicted octanol–water partition coefficient (Wildman–Crippen LogP) is 5.08. The number of hydrogen-bond donors (Lipinski definition) is 1. The summed E-state index contributed by atoms with van der Waals surface area (Å²) in [5.41, 5.74) is 1.74. The summed E-state index contributed by atoms with van der Waals surface area (Å²) in [7, 11) is 0. The van der Waals surface area contributed by atoms with E-state index in [-0.39, 0.29) is 22.4 Å². The first kappa shape index (κ1) is 22.8. The monoisotopic (exact) mass is 487 g/mol. The molecule has 0 aliphatic heterocycles. The summed E-state index contributed by atoms with van der Waals surface area (Å²) >= 11 is 12.1. The minimum atomic E-state index is -0.708.